The van der Waals surface area contributed by atoms with Crippen molar-refractivity contribution >= 4 is 23.3 Å². The van der Waals surface area contributed by atoms with Gasteiger partial charge >= 0.3 is 16.5 Å². The van der Waals surface area contributed by atoms with Crippen molar-refractivity contribution in [2.45, 2.75) is 185 Å². The van der Waals surface area contributed by atoms with Crippen LogP contribution in [0, 0.1) is 6.92 Å². The van der Waals surface area contributed by atoms with Gasteiger partial charge in [0.2, 0.25) is 0 Å². The summed E-state index contributed by atoms with van der Waals surface area (Å²) in [4.78, 5) is 9.90. The van der Waals surface area contributed by atoms with Gasteiger partial charge in [-0.25, -0.2) is 0 Å². The number of rotatable bonds is 25. The molecule has 0 saturated heterocycles. The van der Waals surface area contributed by atoms with E-state index in [0.717, 1.165) is 56.1 Å². The number of nitrogens with zero attached hydrogens (tertiary/aromatic N) is 4. The zero-order valence-corrected chi connectivity index (χ0v) is 36.1. The largest absolute Gasteiger partial charge is 2.00 e. The molecule has 0 aliphatic heterocycles. The fourth-order valence-electron chi connectivity index (χ4n) is 5.99. The number of hydrogen-bond donors (Lipinski definition) is 0. The molecule has 2 rings (SSSR count). The molecule has 0 unspecified atom stereocenters. The molecule has 0 radical (unpaired) electrons. The number of aliphatic imine (C=N–C) groups is 2. The summed E-state index contributed by atoms with van der Waals surface area (Å²) < 4.78 is 0. The van der Waals surface area contributed by atoms with E-state index in [1.807, 2.05) is 33.9 Å². The Kier molecular flexibility index (Phi) is 36.8. The van der Waals surface area contributed by atoms with Gasteiger partial charge in [-0.1, -0.05) is 126 Å². The quantitative estimate of drug-likeness (QED) is 0.0552. The maximum atomic E-state index is 4.97. The summed E-state index contributed by atoms with van der Waals surface area (Å²) in [6, 6.07) is 11.5. The second kappa shape index (κ2) is 36.5. The standard InChI is InChI=1S/C38H60N2.2C4H10N.Ni/c1-7-11-15-17-18-20-24-36-29-37(26-25-33(36)21-13-9-3)40-31(5)30-39-38-27-34(22-14-10-4)32(6)35(28-38)23-19-16-12-8-2;2*1-3-5-4-2;/h25-30H,7-24H2,1-6H3;2*3-4H2,1-2H3;/q;2*-1;+2. The van der Waals surface area contributed by atoms with Crippen LogP contribution in [0.3, 0.4) is 0 Å². The van der Waals surface area contributed by atoms with E-state index in [2.05, 4.69) is 82.5 Å². The fraction of sp³-hybridized carbons (Fsp3) is 0.696. The molecule has 0 spiro atoms. The second-order valence-electron chi connectivity index (χ2n) is 13.6. The van der Waals surface area contributed by atoms with Crippen molar-refractivity contribution in [3.8, 4) is 0 Å². The third kappa shape index (κ3) is 26.6. The maximum absolute atomic E-state index is 4.97. The van der Waals surface area contributed by atoms with Gasteiger partial charge in [-0.3, -0.25) is 9.98 Å². The van der Waals surface area contributed by atoms with E-state index < -0.39 is 0 Å². The van der Waals surface area contributed by atoms with Crippen molar-refractivity contribution in [2.75, 3.05) is 26.2 Å². The monoisotopic (exact) mass is 747 g/mol. The van der Waals surface area contributed by atoms with Crippen LogP contribution in [0.5, 0.6) is 0 Å². The molecule has 2 aromatic carbocycles. The zero-order chi connectivity index (χ0) is 37.2. The first-order valence-corrected chi connectivity index (χ1v) is 20.9. The molecule has 0 aliphatic carbocycles. The molecule has 0 saturated carbocycles. The fourth-order valence-corrected chi connectivity index (χ4v) is 5.99. The van der Waals surface area contributed by atoms with E-state index in [1.54, 1.807) is 0 Å². The number of unbranched alkanes of at least 4 members (excludes halogenated alkanes) is 10. The average Bonchev–Trinajstić information content (AvgIpc) is 3.12. The molecule has 294 valence electrons. The van der Waals surface area contributed by atoms with E-state index in [0.29, 0.717) is 0 Å². The molecule has 51 heavy (non-hydrogen) atoms. The van der Waals surface area contributed by atoms with E-state index in [-0.39, 0.29) is 16.5 Å². The molecule has 4 nitrogen and oxygen atoms in total. The van der Waals surface area contributed by atoms with E-state index >= 15 is 0 Å². The summed E-state index contributed by atoms with van der Waals surface area (Å²) in [6.07, 6.45) is 24.8. The molecule has 0 heterocycles. The van der Waals surface area contributed by atoms with Gasteiger partial charge in [-0.05, 0) is 117 Å². The first kappa shape index (κ1) is 51.3. The molecule has 2 aromatic rings. The Morgan fingerprint density at radius 2 is 0.922 bits per heavy atom. The van der Waals surface area contributed by atoms with E-state index in [1.165, 1.54) is 131 Å². The van der Waals surface area contributed by atoms with Gasteiger partial charge < -0.3 is 10.6 Å². The molecular weight excluding hydrogens is 667 g/mol. The van der Waals surface area contributed by atoms with Crippen LogP contribution in [0.15, 0.2) is 40.3 Å². The number of benzene rings is 2. The third-order valence-corrected chi connectivity index (χ3v) is 9.10. The van der Waals surface area contributed by atoms with E-state index in [4.69, 9.17) is 9.98 Å². The van der Waals surface area contributed by atoms with Gasteiger partial charge in [-0.2, -0.15) is 26.2 Å². The SMILES string of the molecule is CCCCCCCCc1cc(N=C(C)C=Nc2cc(CCCC)c(C)c(CCCCCC)c2)ccc1CCCC.CC[N-]CC.CC[N-]CC.[Ni+2]. The van der Waals surface area contributed by atoms with Crippen LogP contribution in [0.25, 0.3) is 10.6 Å². The van der Waals surface area contributed by atoms with Gasteiger partial charge in [0.1, 0.15) is 0 Å². The minimum absolute atomic E-state index is 0. The van der Waals surface area contributed by atoms with Crippen molar-refractivity contribution in [3.05, 3.63) is 68.8 Å². The predicted octanol–water partition coefficient (Wildman–Crippen LogP) is 15.0. The Morgan fingerprint density at radius 1 is 0.510 bits per heavy atom. The van der Waals surface area contributed by atoms with Crippen LogP contribution >= 0.6 is 0 Å². The first-order valence-electron chi connectivity index (χ1n) is 20.9. The summed E-state index contributed by atoms with van der Waals surface area (Å²) >= 11 is 0. The summed E-state index contributed by atoms with van der Waals surface area (Å²) in [7, 11) is 0. The summed E-state index contributed by atoms with van der Waals surface area (Å²) in [5, 5.41) is 7.94. The molecule has 0 N–H and O–H groups in total. The van der Waals surface area contributed by atoms with Gasteiger partial charge in [0.25, 0.3) is 0 Å². The molecule has 0 bridgehead atoms. The molecule has 0 aromatic heterocycles. The number of aryl methyl sites for hydroxylation is 4. The Balaban J connectivity index is 0. The van der Waals surface area contributed by atoms with Gasteiger partial charge in [0.05, 0.1) is 17.1 Å². The van der Waals surface area contributed by atoms with Gasteiger partial charge in [-0.15, -0.1) is 0 Å². The Labute approximate surface area is 328 Å². The Bertz CT molecular complexity index is 1130. The number of hydrogen-bond acceptors (Lipinski definition) is 2. The maximum Gasteiger partial charge on any atom is 2.00 e. The molecule has 0 atom stereocenters. The molecular formula is C46H80N4Ni. The summed E-state index contributed by atoms with van der Waals surface area (Å²) in [5.41, 5.74) is 10.6. The summed E-state index contributed by atoms with van der Waals surface area (Å²) in [6.45, 7) is 25.6. The van der Waals surface area contributed by atoms with Crippen LogP contribution in [-0.4, -0.2) is 38.1 Å². The Hall–Kier alpha value is -1.81. The first-order chi connectivity index (χ1) is 24.3. The van der Waals surface area contributed by atoms with Crippen LogP contribution < -0.4 is 0 Å². The van der Waals surface area contributed by atoms with E-state index in [9.17, 15) is 0 Å². The molecule has 5 heteroatoms. The minimum atomic E-state index is 0. The van der Waals surface area contributed by atoms with Gasteiger partial charge in [0, 0.05) is 6.21 Å². The third-order valence-electron chi connectivity index (χ3n) is 9.10. The average molecular weight is 748 g/mol. The van der Waals surface area contributed by atoms with Crippen LogP contribution in [-0.2, 0) is 42.2 Å². The van der Waals surface area contributed by atoms with Crippen LogP contribution in [0.4, 0.5) is 11.4 Å². The summed E-state index contributed by atoms with van der Waals surface area (Å²) in [5.74, 6) is 0. The topological polar surface area (TPSA) is 52.9 Å². The van der Waals surface area contributed by atoms with Crippen LogP contribution in [0.1, 0.15) is 180 Å². The van der Waals surface area contributed by atoms with Crippen LogP contribution in [0.2, 0.25) is 0 Å². The smallest absolute Gasteiger partial charge is 0.663 e. The van der Waals surface area contributed by atoms with Crippen molar-refractivity contribution in [1.82, 2.24) is 0 Å². The van der Waals surface area contributed by atoms with Crippen molar-refractivity contribution in [2.24, 2.45) is 9.98 Å². The van der Waals surface area contributed by atoms with Crippen molar-refractivity contribution < 1.29 is 16.5 Å². The Morgan fingerprint density at radius 3 is 1.41 bits per heavy atom. The normalized spacial score (nSPS) is 11.1. The molecule has 0 fully saturated rings. The minimum Gasteiger partial charge on any atom is -0.663 e. The van der Waals surface area contributed by atoms with Gasteiger partial charge in [0.15, 0.2) is 0 Å². The van der Waals surface area contributed by atoms with Crippen molar-refractivity contribution in [1.29, 1.82) is 0 Å². The van der Waals surface area contributed by atoms with Crippen molar-refractivity contribution in [3.63, 3.8) is 0 Å². The zero-order valence-electron chi connectivity index (χ0n) is 35.1. The second-order valence-corrected chi connectivity index (χ2v) is 13.6. The predicted molar refractivity (Wildman–Crippen MR) is 230 cm³/mol. The molecule has 0 aliphatic rings. The molecule has 0 amide bonds.